The van der Waals surface area contributed by atoms with Crippen LogP contribution in [0.4, 0.5) is 0 Å². The highest BCUT2D eigenvalue weighted by molar-refractivity contribution is 6.44. The number of ether oxygens (including phenoxy) is 1. The van der Waals surface area contributed by atoms with E-state index in [-0.39, 0.29) is 11.3 Å². The molecule has 0 spiro atoms. The van der Waals surface area contributed by atoms with Gasteiger partial charge in [-0.1, -0.05) is 24.3 Å². The summed E-state index contributed by atoms with van der Waals surface area (Å²) < 4.78 is 5.44. The van der Waals surface area contributed by atoms with Gasteiger partial charge in [0.2, 0.25) is 0 Å². The van der Waals surface area contributed by atoms with E-state index in [1.54, 1.807) is 6.08 Å². The zero-order chi connectivity index (χ0) is 25.8. The number of aliphatic imine (C=N–C) groups is 2. The van der Waals surface area contributed by atoms with Gasteiger partial charge in [-0.05, 0) is 37.1 Å². The fourth-order valence-corrected chi connectivity index (χ4v) is 4.95. The average Bonchev–Trinajstić information content (AvgIpc) is 3.33. The molecular weight excluding hydrogens is 466 g/mol. The number of hydrogen-bond acceptors (Lipinski definition) is 9. The van der Waals surface area contributed by atoms with Crippen LogP contribution in [0.1, 0.15) is 25.0 Å². The number of nitrogens with one attached hydrogen (secondary N) is 2. The number of carbonyl (C=O) groups excluding carboxylic acids is 1. The fourth-order valence-electron chi connectivity index (χ4n) is 4.95. The molecule has 1 saturated heterocycles. The first-order chi connectivity index (χ1) is 17.9. The van der Waals surface area contributed by atoms with Gasteiger partial charge in [-0.25, -0.2) is 5.43 Å². The van der Waals surface area contributed by atoms with Gasteiger partial charge in [0.25, 0.3) is 0 Å². The molecule has 9 nitrogen and oxygen atoms in total. The minimum atomic E-state index is -0.317. The molecule has 4 aliphatic heterocycles. The van der Waals surface area contributed by atoms with E-state index in [4.69, 9.17) is 14.7 Å². The molecule has 0 atom stereocenters. The number of nitrogens with zero attached hydrogens (tertiary/aromatic N) is 5. The summed E-state index contributed by atoms with van der Waals surface area (Å²) in [6.07, 6.45) is 8.30. The highest BCUT2D eigenvalue weighted by atomic mass is 16.5. The Labute approximate surface area is 219 Å². The highest BCUT2D eigenvalue weighted by Gasteiger charge is 2.30. The number of amidine groups is 1. The van der Waals surface area contributed by atoms with Crippen molar-refractivity contribution >= 4 is 17.3 Å². The van der Waals surface area contributed by atoms with Crippen molar-refractivity contribution in [1.82, 2.24) is 25.6 Å². The average molecular weight is 504 g/mol. The Morgan fingerprint density at radius 3 is 2.73 bits per heavy atom. The molecule has 5 rings (SSSR count). The standard InChI is InChI=1S/C28H37N7O2/c1-28(2)8-7-26(36)25(31-20-35(28)24-17-32-33(3)19-24)14-21-5-4-6-23(13-21)27-29-15-22(16-30-27)18-34-9-11-37-12-10-34/h4-8,13,15,19,32H,9-12,14,16-18,20H2,1-3H3,(H,29,30). The summed E-state index contributed by atoms with van der Waals surface area (Å²) >= 11 is 0. The van der Waals surface area contributed by atoms with Gasteiger partial charge in [0.05, 0.1) is 37.6 Å². The number of ketones is 1. The Kier molecular flexibility index (Phi) is 7.55. The topological polar surface area (TPSA) is 84.8 Å². The van der Waals surface area contributed by atoms with Crippen LogP contribution in [0, 0.1) is 0 Å². The number of hydrogen-bond donors (Lipinski definition) is 2. The Bertz CT molecular complexity index is 1170. The van der Waals surface area contributed by atoms with Crippen molar-refractivity contribution in [3.05, 3.63) is 71.2 Å². The van der Waals surface area contributed by atoms with Crippen LogP contribution >= 0.6 is 0 Å². The first-order valence-electron chi connectivity index (χ1n) is 13.0. The van der Waals surface area contributed by atoms with Crippen LogP contribution in [-0.2, 0) is 16.0 Å². The number of rotatable bonds is 6. The third-order valence-corrected chi connectivity index (χ3v) is 7.18. The van der Waals surface area contributed by atoms with Crippen LogP contribution in [-0.4, -0.2) is 97.3 Å². The molecular formula is C28H37N7O2. The van der Waals surface area contributed by atoms with Crippen molar-refractivity contribution in [2.45, 2.75) is 25.8 Å². The van der Waals surface area contributed by atoms with E-state index in [2.05, 4.69) is 58.9 Å². The van der Waals surface area contributed by atoms with Crippen molar-refractivity contribution in [3.8, 4) is 0 Å². The second kappa shape index (κ2) is 11.0. The number of benzene rings is 1. The van der Waals surface area contributed by atoms with Crippen molar-refractivity contribution in [1.29, 1.82) is 0 Å². The predicted molar refractivity (Wildman–Crippen MR) is 146 cm³/mol. The molecule has 4 aliphatic rings. The maximum atomic E-state index is 13.0. The lowest BCUT2D eigenvalue weighted by Gasteiger charge is -2.38. The Morgan fingerprint density at radius 2 is 2.00 bits per heavy atom. The van der Waals surface area contributed by atoms with Crippen LogP contribution < -0.4 is 10.7 Å². The zero-order valence-corrected chi connectivity index (χ0v) is 22.0. The molecule has 0 aliphatic carbocycles. The summed E-state index contributed by atoms with van der Waals surface area (Å²) in [5.41, 5.74) is 8.02. The molecule has 0 radical (unpaired) electrons. The molecule has 1 fully saturated rings. The van der Waals surface area contributed by atoms with Gasteiger partial charge in [0.1, 0.15) is 12.5 Å². The molecule has 0 unspecified atom stereocenters. The Balaban J connectivity index is 1.26. The smallest absolute Gasteiger partial charge is 0.199 e. The Morgan fingerprint density at radius 1 is 1.16 bits per heavy atom. The highest BCUT2D eigenvalue weighted by Crippen LogP contribution is 2.25. The van der Waals surface area contributed by atoms with Crippen LogP contribution in [0.25, 0.3) is 0 Å². The van der Waals surface area contributed by atoms with Gasteiger partial charge >= 0.3 is 0 Å². The van der Waals surface area contributed by atoms with Gasteiger partial charge in [-0.2, -0.15) is 0 Å². The number of hydrazine groups is 1. The van der Waals surface area contributed by atoms with Gasteiger partial charge in [0, 0.05) is 56.8 Å². The summed E-state index contributed by atoms with van der Waals surface area (Å²) in [5.74, 6) is 0.828. The summed E-state index contributed by atoms with van der Waals surface area (Å²) in [5, 5.41) is 5.34. The molecule has 1 aromatic carbocycles. The van der Waals surface area contributed by atoms with E-state index in [1.807, 2.05) is 30.3 Å². The van der Waals surface area contributed by atoms with E-state index < -0.39 is 0 Å². The summed E-state index contributed by atoms with van der Waals surface area (Å²) in [4.78, 5) is 27.2. The molecule has 37 heavy (non-hydrogen) atoms. The van der Waals surface area contributed by atoms with Gasteiger partial charge in [0.15, 0.2) is 5.78 Å². The zero-order valence-electron chi connectivity index (χ0n) is 22.0. The van der Waals surface area contributed by atoms with E-state index in [1.165, 1.54) is 5.57 Å². The van der Waals surface area contributed by atoms with Crippen LogP contribution in [0.5, 0.6) is 0 Å². The number of carbonyl (C=O) groups is 1. The van der Waals surface area contributed by atoms with Crippen molar-refractivity contribution < 1.29 is 9.53 Å². The first-order valence-corrected chi connectivity index (χ1v) is 13.0. The minimum absolute atomic E-state index is 0.0300. The molecule has 0 aromatic heterocycles. The SMILES string of the molecule is CN1C=C(N2CN=C(Cc3cccc(C4=NCC(CN5CCOCC5)=CN4)c3)C(=O)C=CC2(C)C)CN1. The van der Waals surface area contributed by atoms with Crippen LogP contribution in [0.15, 0.2) is 70.1 Å². The monoisotopic (exact) mass is 503 g/mol. The summed E-state index contributed by atoms with van der Waals surface area (Å²) in [6, 6.07) is 8.22. The Hall–Kier alpha value is -3.27. The molecule has 0 saturated carbocycles. The van der Waals surface area contributed by atoms with Gasteiger partial charge in [-0.3, -0.25) is 19.7 Å². The van der Waals surface area contributed by atoms with Crippen molar-refractivity contribution in [2.75, 3.05) is 59.7 Å². The van der Waals surface area contributed by atoms with Crippen molar-refractivity contribution in [2.24, 2.45) is 9.98 Å². The van der Waals surface area contributed by atoms with E-state index in [0.29, 0.717) is 25.3 Å². The van der Waals surface area contributed by atoms with Crippen LogP contribution in [0.2, 0.25) is 0 Å². The molecule has 1 aromatic rings. The maximum absolute atomic E-state index is 13.0. The third kappa shape index (κ3) is 6.18. The molecule has 0 amide bonds. The van der Waals surface area contributed by atoms with E-state index in [0.717, 1.165) is 62.1 Å². The van der Waals surface area contributed by atoms with Crippen molar-refractivity contribution in [3.63, 3.8) is 0 Å². The molecule has 196 valence electrons. The lowest BCUT2D eigenvalue weighted by molar-refractivity contribution is -0.109. The van der Waals surface area contributed by atoms with Gasteiger partial charge in [-0.15, -0.1) is 0 Å². The van der Waals surface area contributed by atoms with E-state index >= 15 is 0 Å². The normalized spacial score (nSPS) is 22.5. The number of morpholine rings is 1. The molecule has 9 heteroatoms. The lowest BCUT2D eigenvalue weighted by Crippen LogP contribution is -2.44. The quantitative estimate of drug-likeness (QED) is 0.611. The van der Waals surface area contributed by atoms with E-state index in [9.17, 15) is 4.79 Å². The summed E-state index contributed by atoms with van der Waals surface area (Å²) in [6.45, 7) is 10.5. The second-order valence-electron chi connectivity index (χ2n) is 10.5. The third-order valence-electron chi connectivity index (χ3n) is 7.18. The molecule has 0 bridgehead atoms. The summed E-state index contributed by atoms with van der Waals surface area (Å²) in [7, 11) is 1.98. The first kappa shape index (κ1) is 25.4. The lowest BCUT2D eigenvalue weighted by atomic mass is 9.97. The molecule has 2 N–H and O–H groups in total. The predicted octanol–water partition coefficient (Wildman–Crippen LogP) is 1.70. The minimum Gasteiger partial charge on any atom is -0.379 e. The van der Waals surface area contributed by atoms with Gasteiger partial charge < -0.3 is 20.0 Å². The maximum Gasteiger partial charge on any atom is 0.199 e. The fraction of sp³-hybridized carbons (Fsp3) is 0.464. The van der Waals surface area contributed by atoms with Crippen LogP contribution in [0.3, 0.4) is 0 Å². The second-order valence-corrected chi connectivity index (χ2v) is 10.5. The number of allylic oxidation sites excluding steroid dienone is 1. The largest absolute Gasteiger partial charge is 0.379 e. The molecule has 4 heterocycles.